The zero-order chi connectivity index (χ0) is 24.0. The number of carbonyl (C=O) groups is 1. The summed E-state index contributed by atoms with van der Waals surface area (Å²) in [5.74, 6) is 1.04. The normalized spacial score (nSPS) is 16.5. The number of ether oxygens (including phenoxy) is 1. The molecule has 0 saturated carbocycles. The van der Waals surface area contributed by atoms with E-state index in [1.807, 2.05) is 55.5 Å². The van der Waals surface area contributed by atoms with Gasteiger partial charge in [-0.15, -0.1) is 0 Å². The zero-order valence-corrected chi connectivity index (χ0v) is 20.9. The van der Waals surface area contributed by atoms with E-state index in [2.05, 4.69) is 19.2 Å². The quantitative estimate of drug-likeness (QED) is 0.585. The standard InChI is InChI=1S/C26H36N2O4S/c1-19(2)17-25(21-9-11-24(32-4)12-10-21)27-26(29)22-13-15-28(16-14-22)33(30,31)18-23-8-6-5-7-20(23)3/h5-12,19,22,25H,13-18H2,1-4H3,(H,27,29). The molecule has 1 amide bonds. The summed E-state index contributed by atoms with van der Waals surface area (Å²) in [6.07, 6.45) is 1.91. The van der Waals surface area contributed by atoms with Gasteiger partial charge in [0, 0.05) is 19.0 Å². The molecule has 1 heterocycles. The van der Waals surface area contributed by atoms with E-state index >= 15 is 0 Å². The van der Waals surface area contributed by atoms with E-state index in [1.54, 1.807) is 7.11 Å². The van der Waals surface area contributed by atoms with Crippen LogP contribution in [0.5, 0.6) is 5.75 Å². The molecular formula is C26H36N2O4S. The largest absolute Gasteiger partial charge is 0.497 e. The number of rotatable bonds is 9. The van der Waals surface area contributed by atoms with Gasteiger partial charge in [-0.1, -0.05) is 50.2 Å². The number of piperidine rings is 1. The van der Waals surface area contributed by atoms with Crippen LogP contribution < -0.4 is 10.1 Å². The fourth-order valence-electron chi connectivity index (χ4n) is 4.33. The van der Waals surface area contributed by atoms with Gasteiger partial charge in [0.05, 0.1) is 18.9 Å². The molecule has 33 heavy (non-hydrogen) atoms. The number of sulfonamides is 1. The first-order valence-electron chi connectivity index (χ1n) is 11.7. The Balaban J connectivity index is 1.60. The molecule has 180 valence electrons. The second-order valence-corrected chi connectivity index (χ2v) is 11.3. The van der Waals surface area contributed by atoms with Gasteiger partial charge in [-0.2, -0.15) is 0 Å². The van der Waals surface area contributed by atoms with Crippen LogP contribution in [0.4, 0.5) is 0 Å². The van der Waals surface area contributed by atoms with Crippen molar-refractivity contribution < 1.29 is 17.9 Å². The molecule has 0 aliphatic carbocycles. The summed E-state index contributed by atoms with van der Waals surface area (Å²) in [5.41, 5.74) is 2.86. The Morgan fingerprint density at radius 1 is 1.09 bits per heavy atom. The molecule has 1 N–H and O–H groups in total. The van der Waals surface area contributed by atoms with Crippen LogP contribution in [-0.4, -0.2) is 38.8 Å². The topological polar surface area (TPSA) is 75.7 Å². The second-order valence-electron chi connectivity index (χ2n) is 9.32. The number of amides is 1. The van der Waals surface area contributed by atoms with Gasteiger partial charge in [0.25, 0.3) is 0 Å². The lowest BCUT2D eigenvalue weighted by atomic mass is 9.93. The SMILES string of the molecule is COc1ccc(C(CC(C)C)NC(=O)C2CCN(S(=O)(=O)Cc3ccccc3C)CC2)cc1. The fraction of sp³-hybridized carbons (Fsp3) is 0.500. The fourth-order valence-corrected chi connectivity index (χ4v) is 6.00. The van der Waals surface area contributed by atoms with Crippen molar-refractivity contribution in [1.82, 2.24) is 9.62 Å². The number of benzene rings is 2. The maximum atomic E-state index is 13.1. The van der Waals surface area contributed by atoms with Crippen molar-refractivity contribution in [3.8, 4) is 5.75 Å². The Bertz CT molecular complexity index is 1030. The molecule has 3 rings (SSSR count). The molecule has 1 saturated heterocycles. The number of nitrogens with one attached hydrogen (secondary N) is 1. The molecule has 2 aromatic carbocycles. The van der Waals surface area contributed by atoms with Crippen LogP contribution in [0, 0.1) is 18.8 Å². The van der Waals surface area contributed by atoms with Crippen LogP contribution in [0.3, 0.4) is 0 Å². The van der Waals surface area contributed by atoms with Crippen molar-refractivity contribution in [3.63, 3.8) is 0 Å². The molecule has 1 aliphatic heterocycles. The highest BCUT2D eigenvalue weighted by Gasteiger charge is 2.32. The van der Waals surface area contributed by atoms with Crippen LogP contribution in [-0.2, 0) is 20.6 Å². The molecule has 0 spiro atoms. The number of nitrogens with zero attached hydrogens (tertiary/aromatic N) is 1. The summed E-state index contributed by atoms with van der Waals surface area (Å²) >= 11 is 0. The van der Waals surface area contributed by atoms with E-state index in [1.165, 1.54) is 4.31 Å². The minimum atomic E-state index is -3.41. The predicted octanol–water partition coefficient (Wildman–Crippen LogP) is 4.45. The van der Waals surface area contributed by atoms with E-state index in [-0.39, 0.29) is 23.6 Å². The third-order valence-electron chi connectivity index (χ3n) is 6.36. The van der Waals surface area contributed by atoms with Crippen LogP contribution in [0.25, 0.3) is 0 Å². The number of hydrogen-bond donors (Lipinski definition) is 1. The average Bonchev–Trinajstić information content (AvgIpc) is 2.80. The molecule has 1 aliphatic rings. The Kier molecular flexibility index (Phi) is 8.54. The third-order valence-corrected chi connectivity index (χ3v) is 8.19. The van der Waals surface area contributed by atoms with Crippen molar-refractivity contribution in [3.05, 3.63) is 65.2 Å². The Morgan fingerprint density at radius 3 is 2.30 bits per heavy atom. The Morgan fingerprint density at radius 2 is 1.73 bits per heavy atom. The average molecular weight is 473 g/mol. The molecule has 1 fully saturated rings. The van der Waals surface area contributed by atoms with Crippen molar-refractivity contribution in [1.29, 1.82) is 0 Å². The van der Waals surface area contributed by atoms with Gasteiger partial charge in [0.1, 0.15) is 5.75 Å². The number of hydrogen-bond acceptors (Lipinski definition) is 4. The highest BCUT2D eigenvalue weighted by Crippen LogP contribution is 2.27. The highest BCUT2D eigenvalue weighted by molar-refractivity contribution is 7.88. The van der Waals surface area contributed by atoms with Crippen LogP contribution in [0.2, 0.25) is 0 Å². The minimum Gasteiger partial charge on any atom is -0.497 e. The van der Waals surface area contributed by atoms with E-state index < -0.39 is 10.0 Å². The summed E-state index contributed by atoms with van der Waals surface area (Å²) in [6.45, 7) is 6.96. The lowest BCUT2D eigenvalue weighted by molar-refractivity contribution is -0.127. The van der Waals surface area contributed by atoms with Gasteiger partial charge in [0.15, 0.2) is 0 Å². The maximum absolute atomic E-state index is 13.1. The van der Waals surface area contributed by atoms with E-state index in [4.69, 9.17) is 4.74 Å². The van der Waals surface area contributed by atoms with Gasteiger partial charge in [-0.25, -0.2) is 12.7 Å². The maximum Gasteiger partial charge on any atom is 0.223 e. The van der Waals surface area contributed by atoms with Gasteiger partial charge in [-0.3, -0.25) is 4.79 Å². The summed E-state index contributed by atoms with van der Waals surface area (Å²) < 4.78 is 32.7. The van der Waals surface area contributed by atoms with E-state index in [0.29, 0.717) is 31.8 Å². The lowest BCUT2D eigenvalue weighted by Crippen LogP contribution is -2.44. The van der Waals surface area contributed by atoms with Crippen molar-refractivity contribution in [2.45, 2.75) is 51.8 Å². The molecule has 0 radical (unpaired) electrons. The number of carbonyl (C=O) groups excluding carboxylic acids is 1. The molecule has 7 heteroatoms. The van der Waals surface area contributed by atoms with Gasteiger partial charge in [-0.05, 0) is 60.9 Å². The first-order chi connectivity index (χ1) is 15.7. The van der Waals surface area contributed by atoms with Crippen LogP contribution in [0.15, 0.2) is 48.5 Å². The summed E-state index contributed by atoms with van der Waals surface area (Å²) in [6, 6.07) is 15.3. The van der Waals surface area contributed by atoms with Gasteiger partial charge in [0.2, 0.25) is 15.9 Å². The van der Waals surface area contributed by atoms with Crippen molar-refractivity contribution in [2.75, 3.05) is 20.2 Å². The van der Waals surface area contributed by atoms with E-state index in [0.717, 1.165) is 28.9 Å². The van der Waals surface area contributed by atoms with Crippen LogP contribution >= 0.6 is 0 Å². The Hall–Kier alpha value is -2.38. The second kappa shape index (κ2) is 11.2. The predicted molar refractivity (Wildman–Crippen MR) is 131 cm³/mol. The molecule has 0 aromatic heterocycles. The third kappa shape index (κ3) is 6.81. The molecule has 1 unspecified atom stereocenters. The van der Waals surface area contributed by atoms with E-state index in [9.17, 15) is 13.2 Å². The zero-order valence-electron chi connectivity index (χ0n) is 20.1. The summed E-state index contributed by atoms with van der Waals surface area (Å²) in [4.78, 5) is 13.1. The molecular weight excluding hydrogens is 436 g/mol. The minimum absolute atomic E-state index is 0.00443. The molecule has 2 aromatic rings. The number of methoxy groups -OCH3 is 1. The monoisotopic (exact) mass is 472 g/mol. The van der Waals surface area contributed by atoms with Gasteiger partial charge >= 0.3 is 0 Å². The molecule has 0 bridgehead atoms. The van der Waals surface area contributed by atoms with Crippen molar-refractivity contribution >= 4 is 15.9 Å². The highest BCUT2D eigenvalue weighted by atomic mass is 32.2. The molecule has 1 atom stereocenters. The molecule has 6 nitrogen and oxygen atoms in total. The summed E-state index contributed by atoms with van der Waals surface area (Å²) in [7, 11) is -1.77. The number of aryl methyl sites for hydroxylation is 1. The van der Waals surface area contributed by atoms with Gasteiger partial charge < -0.3 is 10.1 Å². The summed E-state index contributed by atoms with van der Waals surface area (Å²) in [5, 5.41) is 3.22. The Labute approximate surface area is 198 Å². The first kappa shape index (κ1) is 25.2. The first-order valence-corrected chi connectivity index (χ1v) is 13.3. The smallest absolute Gasteiger partial charge is 0.223 e. The van der Waals surface area contributed by atoms with Crippen molar-refractivity contribution in [2.24, 2.45) is 11.8 Å². The van der Waals surface area contributed by atoms with Crippen LogP contribution in [0.1, 0.15) is 55.8 Å². The lowest BCUT2D eigenvalue weighted by Gasteiger charge is -2.32.